The van der Waals surface area contributed by atoms with Crippen molar-refractivity contribution in [2.45, 2.75) is 12.5 Å². The van der Waals surface area contributed by atoms with Gasteiger partial charge in [0.25, 0.3) is 0 Å². The maximum Gasteiger partial charge on any atom is 0.176 e. The summed E-state index contributed by atoms with van der Waals surface area (Å²) in [6.07, 6.45) is 0.664. The molecule has 18 heavy (non-hydrogen) atoms. The Kier molecular flexibility index (Phi) is 4.31. The highest BCUT2D eigenvalue weighted by Gasteiger charge is 2.14. The number of tetrazole rings is 1. The fourth-order valence-corrected chi connectivity index (χ4v) is 2.64. The molecule has 2 rings (SSSR count). The van der Waals surface area contributed by atoms with Crippen LogP contribution in [0.5, 0.6) is 0 Å². The highest BCUT2D eigenvalue weighted by molar-refractivity contribution is 9.10. The van der Waals surface area contributed by atoms with E-state index in [-0.39, 0.29) is 6.04 Å². The molecule has 0 aliphatic rings. The number of nitrogens with zero attached hydrogens (tertiary/aromatic N) is 4. The number of likely N-dealkylation sites (N-methyl/N-ethyl adjacent to an activating group) is 1. The zero-order valence-electron chi connectivity index (χ0n) is 10.1. The Labute approximate surface area is 119 Å². The summed E-state index contributed by atoms with van der Waals surface area (Å²) in [5.74, 6) is 0.702. The largest absolute Gasteiger partial charge is 0.313 e. The Morgan fingerprint density at radius 1 is 1.44 bits per heavy atom. The number of hydrogen-bond donors (Lipinski definition) is 1. The molecule has 0 aliphatic carbocycles. The number of hydrogen-bond acceptors (Lipinski definition) is 4. The van der Waals surface area contributed by atoms with Crippen LogP contribution in [0.25, 0.3) is 0 Å². The molecule has 5 nitrogen and oxygen atoms in total. The first-order valence-corrected chi connectivity index (χ1v) is 6.61. The molecule has 2 aromatic rings. The Hall–Kier alpha value is -0.980. The molecule has 0 fully saturated rings. The molecular formula is C11H13BrClN5. The van der Waals surface area contributed by atoms with Crippen molar-refractivity contribution in [3.8, 4) is 0 Å². The highest BCUT2D eigenvalue weighted by atomic mass is 79.9. The smallest absolute Gasteiger partial charge is 0.176 e. The minimum Gasteiger partial charge on any atom is -0.313 e. The van der Waals surface area contributed by atoms with Crippen molar-refractivity contribution in [2.75, 3.05) is 7.05 Å². The van der Waals surface area contributed by atoms with E-state index in [9.17, 15) is 0 Å². The monoisotopic (exact) mass is 329 g/mol. The van der Waals surface area contributed by atoms with E-state index < -0.39 is 0 Å². The summed E-state index contributed by atoms with van der Waals surface area (Å²) in [4.78, 5) is 1.45. The third kappa shape index (κ3) is 3.28. The summed E-state index contributed by atoms with van der Waals surface area (Å²) >= 11 is 9.49. The second kappa shape index (κ2) is 5.77. The van der Waals surface area contributed by atoms with Crippen molar-refractivity contribution in [3.05, 3.63) is 39.1 Å². The van der Waals surface area contributed by atoms with Crippen molar-refractivity contribution >= 4 is 27.5 Å². The van der Waals surface area contributed by atoms with Crippen LogP contribution in [0.15, 0.2) is 22.7 Å². The van der Waals surface area contributed by atoms with Crippen LogP contribution in [0.1, 0.15) is 17.4 Å². The first kappa shape index (κ1) is 13.5. The predicted molar refractivity (Wildman–Crippen MR) is 73.5 cm³/mol. The Morgan fingerprint density at radius 2 is 2.22 bits per heavy atom. The fourth-order valence-electron chi connectivity index (χ4n) is 1.75. The van der Waals surface area contributed by atoms with Crippen molar-refractivity contribution < 1.29 is 0 Å². The van der Waals surface area contributed by atoms with E-state index in [0.29, 0.717) is 17.3 Å². The Morgan fingerprint density at radius 3 is 2.78 bits per heavy atom. The molecule has 0 bridgehead atoms. The van der Waals surface area contributed by atoms with Gasteiger partial charge in [-0.05, 0) is 36.0 Å². The maximum atomic E-state index is 6.05. The average Bonchev–Trinajstić information content (AvgIpc) is 2.70. The normalized spacial score (nSPS) is 12.7. The van der Waals surface area contributed by atoms with Crippen molar-refractivity contribution in [2.24, 2.45) is 7.05 Å². The lowest BCUT2D eigenvalue weighted by Gasteiger charge is -2.15. The number of aryl methyl sites for hydroxylation is 1. The molecule has 0 saturated heterocycles. The first-order chi connectivity index (χ1) is 8.58. The van der Waals surface area contributed by atoms with Crippen LogP contribution in [-0.4, -0.2) is 27.3 Å². The zero-order chi connectivity index (χ0) is 13.1. The molecule has 0 radical (unpaired) electrons. The van der Waals surface area contributed by atoms with Gasteiger partial charge in [-0.15, -0.1) is 10.2 Å². The lowest BCUT2D eigenvalue weighted by molar-refractivity contribution is 0.570. The number of benzene rings is 1. The molecular weight excluding hydrogens is 318 g/mol. The van der Waals surface area contributed by atoms with E-state index in [1.165, 1.54) is 4.80 Å². The van der Waals surface area contributed by atoms with Gasteiger partial charge in [-0.25, -0.2) is 0 Å². The van der Waals surface area contributed by atoms with Gasteiger partial charge in [0, 0.05) is 22.0 Å². The number of halogens is 2. The van der Waals surface area contributed by atoms with Gasteiger partial charge in [0.15, 0.2) is 5.82 Å². The minimum atomic E-state index is 0.101. The van der Waals surface area contributed by atoms with Crippen molar-refractivity contribution in [3.63, 3.8) is 0 Å². The van der Waals surface area contributed by atoms with Crippen molar-refractivity contribution in [1.82, 2.24) is 25.5 Å². The molecule has 7 heteroatoms. The molecule has 1 atom stereocenters. The summed E-state index contributed by atoms with van der Waals surface area (Å²) in [5, 5.41) is 15.9. The van der Waals surface area contributed by atoms with Gasteiger partial charge in [0.05, 0.1) is 7.05 Å². The van der Waals surface area contributed by atoms with E-state index in [4.69, 9.17) is 11.6 Å². The van der Waals surface area contributed by atoms with E-state index in [2.05, 4.69) is 36.7 Å². The summed E-state index contributed by atoms with van der Waals surface area (Å²) in [6, 6.07) is 5.93. The van der Waals surface area contributed by atoms with Gasteiger partial charge in [0.1, 0.15) is 0 Å². The lowest BCUT2D eigenvalue weighted by Crippen LogP contribution is -2.19. The standard InChI is InChI=1S/C11H13BrClN5/c1-14-10(6-11-15-17-18(2)16-11)7-3-8(12)5-9(13)4-7/h3-5,10,14H,6H2,1-2H3. The van der Waals surface area contributed by atoms with Crippen LogP contribution in [0.3, 0.4) is 0 Å². The van der Waals surface area contributed by atoms with Crippen LogP contribution in [0.2, 0.25) is 5.02 Å². The van der Waals surface area contributed by atoms with E-state index >= 15 is 0 Å². The topological polar surface area (TPSA) is 55.6 Å². The second-order valence-corrected chi connectivity index (χ2v) is 5.30. The third-order valence-corrected chi connectivity index (χ3v) is 3.25. The molecule has 0 saturated carbocycles. The molecule has 1 unspecified atom stereocenters. The van der Waals surface area contributed by atoms with E-state index in [1.807, 2.05) is 25.2 Å². The molecule has 0 amide bonds. The van der Waals surface area contributed by atoms with E-state index in [1.54, 1.807) is 7.05 Å². The second-order valence-electron chi connectivity index (χ2n) is 3.94. The van der Waals surface area contributed by atoms with Crippen LogP contribution < -0.4 is 5.32 Å². The fraction of sp³-hybridized carbons (Fsp3) is 0.364. The quantitative estimate of drug-likeness (QED) is 0.933. The Bertz CT molecular complexity index is 522. The van der Waals surface area contributed by atoms with Gasteiger partial charge >= 0.3 is 0 Å². The summed E-state index contributed by atoms with van der Waals surface area (Å²) in [5.41, 5.74) is 1.09. The van der Waals surface area contributed by atoms with Crippen LogP contribution >= 0.6 is 27.5 Å². The van der Waals surface area contributed by atoms with Gasteiger partial charge in [0.2, 0.25) is 0 Å². The predicted octanol–water partition coefficient (Wildman–Crippen LogP) is 2.13. The number of nitrogens with one attached hydrogen (secondary N) is 1. The third-order valence-electron chi connectivity index (χ3n) is 2.57. The Balaban J connectivity index is 2.22. The molecule has 1 heterocycles. The van der Waals surface area contributed by atoms with E-state index in [0.717, 1.165) is 10.0 Å². The molecule has 1 aromatic heterocycles. The molecule has 1 aromatic carbocycles. The zero-order valence-corrected chi connectivity index (χ0v) is 12.4. The van der Waals surface area contributed by atoms with Gasteiger partial charge in [-0.2, -0.15) is 4.80 Å². The average molecular weight is 331 g/mol. The SMILES string of the molecule is CNC(Cc1nnn(C)n1)c1cc(Cl)cc(Br)c1. The number of rotatable bonds is 4. The summed E-state index contributed by atoms with van der Waals surface area (Å²) < 4.78 is 0.956. The van der Waals surface area contributed by atoms with Crippen LogP contribution in [0.4, 0.5) is 0 Å². The molecule has 96 valence electrons. The highest BCUT2D eigenvalue weighted by Crippen LogP contribution is 2.25. The lowest BCUT2D eigenvalue weighted by atomic mass is 10.0. The molecule has 0 aliphatic heterocycles. The van der Waals surface area contributed by atoms with Crippen LogP contribution in [0, 0.1) is 0 Å². The first-order valence-electron chi connectivity index (χ1n) is 5.44. The summed E-state index contributed by atoms with van der Waals surface area (Å²) in [6.45, 7) is 0. The van der Waals surface area contributed by atoms with Gasteiger partial charge < -0.3 is 5.32 Å². The van der Waals surface area contributed by atoms with Gasteiger partial charge in [-0.1, -0.05) is 27.5 Å². The van der Waals surface area contributed by atoms with Crippen molar-refractivity contribution in [1.29, 1.82) is 0 Å². The van der Waals surface area contributed by atoms with Crippen LogP contribution in [-0.2, 0) is 13.5 Å². The minimum absolute atomic E-state index is 0.101. The summed E-state index contributed by atoms with van der Waals surface area (Å²) in [7, 11) is 3.65. The number of aromatic nitrogens is 4. The molecule has 1 N–H and O–H groups in total. The maximum absolute atomic E-state index is 6.05. The van der Waals surface area contributed by atoms with Gasteiger partial charge in [-0.3, -0.25) is 0 Å². The molecule has 0 spiro atoms.